The summed E-state index contributed by atoms with van der Waals surface area (Å²) in [5, 5.41) is 13.1. The second kappa shape index (κ2) is 10.9. The van der Waals surface area contributed by atoms with E-state index in [4.69, 9.17) is 14.2 Å². The summed E-state index contributed by atoms with van der Waals surface area (Å²) < 4.78 is 16.9. The van der Waals surface area contributed by atoms with Crippen molar-refractivity contribution in [3.05, 3.63) is 82.9 Å². The number of aryl methyl sites for hydroxylation is 1. The lowest BCUT2D eigenvalue weighted by Gasteiger charge is -2.30. The molecule has 3 aromatic rings. The van der Waals surface area contributed by atoms with Gasteiger partial charge in [0.05, 0.1) is 31.6 Å². The van der Waals surface area contributed by atoms with Crippen LogP contribution < -0.4 is 19.7 Å². The van der Waals surface area contributed by atoms with Crippen LogP contribution in [0.25, 0.3) is 0 Å². The van der Waals surface area contributed by atoms with Gasteiger partial charge in [-0.25, -0.2) is 4.79 Å². The molecule has 1 aliphatic rings. The van der Waals surface area contributed by atoms with Crippen LogP contribution in [0.1, 0.15) is 27.0 Å². The monoisotopic (exact) mass is 462 g/mol. The molecule has 0 spiro atoms. The highest BCUT2D eigenvalue weighted by molar-refractivity contribution is 5.95. The van der Waals surface area contributed by atoms with E-state index in [0.717, 1.165) is 22.5 Å². The summed E-state index contributed by atoms with van der Waals surface area (Å²) >= 11 is 0. The Kier molecular flexibility index (Phi) is 7.54. The standard InChI is InChI=1S/C27H30N2O5/c1-19-4-3-5-21(14-19)18-34-25-9-6-20(15-26(25)32-2)17-28-22-7-8-24(23(16-22)27(30)31)29-10-12-33-13-11-29/h3-9,14-16,28H,10-13,17-18H2,1-2H3,(H,30,31). The summed E-state index contributed by atoms with van der Waals surface area (Å²) in [4.78, 5) is 13.9. The van der Waals surface area contributed by atoms with E-state index >= 15 is 0 Å². The average molecular weight is 463 g/mol. The minimum Gasteiger partial charge on any atom is -0.493 e. The maximum Gasteiger partial charge on any atom is 0.337 e. The quantitative estimate of drug-likeness (QED) is 0.476. The van der Waals surface area contributed by atoms with Crippen molar-refractivity contribution in [1.29, 1.82) is 0 Å². The Morgan fingerprint density at radius 1 is 1.03 bits per heavy atom. The molecule has 7 heteroatoms. The molecule has 1 heterocycles. The van der Waals surface area contributed by atoms with E-state index in [2.05, 4.69) is 29.3 Å². The lowest BCUT2D eigenvalue weighted by Crippen LogP contribution is -2.37. The van der Waals surface area contributed by atoms with Gasteiger partial charge in [0.1, 0.15) is 6.61 Å². The van der Waals surface area contributed by atoms with E-state index in [-0.39, 0.29) is 5.56 Å². The van der Waals surface area contributed by atoms with Gasteiger partial charge in [-0.1, -0.05) is 35.9 Å². The Morgan fingerprint density at radius 3 is 2.59 bits per heavy atom. The van der Waals surface area contributed by atoms with E-state index in [0.29, 0.717) is 51.0 Å². The first-order valence-electron chi connectivity index (χ1n) is 11.3. The highest BCUT2D eigenvalue weighted by Gasteiger charge is 2.19. The number of rotatable bonds is 9. The maximum absolute atomic E-state index is 11.9. The Hall–Kier alpha value is -3.71. The van der Waals surface area contributed by atoms with Crippen LogP contribution in [-0.4, -0.2) is 44.5 Å². The molecule has 34 heavy (non-hydrogen) atoms. The smallest absolute Gasteiger partial charge is 0.337 e. The van der Waals surface area contributed by atoms with Crippen LogP contribution in [-0.2, 0) is 17.9 Å². The lowest BCUT2D eigenvalue weighted by atomic mass is 10.1. The van der Waals surface area contributed by atoms with Crippen molar-refractivity contribution in [3.63, 3.8) is 0 Å². The van der Waals surface area contributed by atoms with Crippen molar-refractivity contribution in [3.8, 4) is 11.5 Å². The number of methoxy groups -OCH3 is 1. The number of anilines is 2. The molecule has 0 bridgehead atoms. The van der Waals surface area contributed by atoms with Gasteiger partial charge in [0.2, 0.25) is 0 Å². The van der Waals surface area contributed by atoms with Crippen LogP contribution in [0.15, 0.2) is 60.7 Å². The van der Waals surface area contributed by atoms with E-state index in [9.17, 15) is 9.90 Å². The predicted molar refractivity (Wildman–Crippen MR) is 132 cm³/mol. The topological polar surface area (TPSA) is 80.3 Å². The zero-order valence-corrected chi connectivity index (χ0v) is 19.5. The SMILES string of the molecule is COc1cc(CNc2ccc(N3CCOCC3)c(C(=O)O)c2)ccc1OCc1cccc(C)c1. The molecular weight excluding hydrogens is 432 g/mol. The highest BCUT2D eigenvalue weighted by atomic mass is 16.5. The van der Waals surface area contributed by atoms with Crippen molar-refractivity contribution >= 4 is 17.3 Å². The minimum atomic E-state index is -0.943. The second-order valence-corrected chi connectivity index (χ2v) is 8.25. The highest BCUT2D eigenvalue weighted by Crippen LogP contribution is 2.30. The third-order valence-corrected chi connectivity index (χ3v) is 5.78. The van der Waals surface area contributed by atoms with E-state index in [1.54, 1.807) is 13.2 Å². The number of benzene rings is 3. The van der Waals surface area contributed by atoms with Crippen LogP contribution in [0.4, 0.5) is 11.4 Å². The van der Waals surface area contributed by atoms with Gasteiger partial charge in [-0.3, -0.25) is 0 Å². The van der Waals surface area contributed by atoms with E-state index in [1.807, 2.05) is 42.5 Å². The molecule has 3 aromatic carbocycles. The zero-order chi connectivity index (χ0) is 23.9. The third kappa shape index (κ3) is 5.80. The van der Waals surface area contributed by atoms with Gasteiger partial charge >= 0.3 is 5.97 Å². The molecule has 0 aromatic heterocycles. The number of hydrogen-bond acceptors (Lipinski definition) is 6. The van der Waals surface area contributed by atoms with Crippen molar-refractivity contribution in [2.45, 2.75) is 20.1 Å². The molecule has 2 N–H and O–H groups in total. The zero-order valence-electron chi connectivity index (χ0n) is 19.5. The van der Waals surface area contributed by atoms with Crippen molar-refractivity contribution in [2.75, 3.05) is 43.6 Å². The Bertz CT molecular complexity index is 1140. The fourth-order valence-corrected chi connectivity index (χ4v) is 4.01. The molecule has 0 amide bonds. The molecular formula is C27H30N2O5. The number of carboxylic acids is 1. The number of carboxylic acid groups (broad SMARTS) is 1. The Labute approximate surface area is 199 Å². The number of nitrogens with one attached hydrogen (secondary N) is 1. The summed E-state index contributed by atoms with van der Waals surface area (Å²) in [5.41, 5.74) is 5.03. The number of aromatic carboxylic acids is 1. The van der Waals surface area contributed by atoms with Crippen LogP contribution in [0.3, 0.4) is 0 Å². The van der Waals surface area contributed by atoms with Crippen LogP contribution >= 0.6 is 0 Å². The van der Waals surface area contributed by atoms with Crippen LogP contribution in [0.5, 0.6) is 11.5 Å². The fourth-order valence-electron chi connectivity index (χ4n) is 4.01. The third-order valence-electron chi connectivity index (χ3n) is 5.78. The molecule has 0 atom stereocenters. The lowest BCUT2D eigenvalue weighted by molar-refractivity contribution is 0.0696. The molecule has 0 radical (unpaired) electrons. The molecule has 1 aliphatic heterocycles. The van der Waals surface area contributed by atoms with Gasteiger partial charge in [-0.2, -0.15) is 0 Å². The van der Waals surface area contributed by atoms with Crippen molar-refractivity contribution < 1.29 is 24.1 Å². The molecule has 178 valence electrons. The molecule has 0 unspecified atom stereocenters. The molecule has 7 nitrogen and oxygen atoms in total. The second-order valence-electron chi connectivity index (χ2n) is 8.25. The normalized spacial score (nSPS) is 13.4. The maximum atomic E-state index is 11.9. The molecule has 0 aliphatic carbocycles. The first-order valence-corrected chi connectivity index (χ1v) is 11.3. The van der Waals surface area contributed by atoms with Crippen molar-refractivity contribution in [1.82, 2.24) is 0 Å². The number of nitrogens with zero attached hydrogens (tertiary/aromatic N) is 1. The van der Waals surface area contributed by atoms with Gasteiger partial charge in [-0.05, 0) is 48.4 Å². The summed E-state index contributed by atoms with van der Waals surface area (Å²) in [6, 6.07) is 19.5. The van der Waals surface area contributed by atoms with Crippen molar-refractivity contribution in [2.24, 2.45) is 0 Å². The fraction of sp³-hybridized carbons (Fsp3) is 0.296. The first-order chi connectivity index (χ1) is 16.5. The summed E-state index contributed by atoms with van der Waals surface area (Å²) in [6.07, 6.45) is 0. The summed E-state index contributed by atoms with van der Waals surface area (Å²) in [6.45, 7) is 5.61. The Balaban J connectivity index is 1.42. The first kappa shape index (κ1) is 23.4. The van der Waals surface area contributed by atoms with E-state index in [1.165, 1.54) is 5.56 Å². The van der Waals surface area contributed by atoms with Gasteiger partial charge in [-0.15, -0.1) is 0 Å². The number of ether oxygens (including phenoxy) is 3. The number of hydrogen-bond donors (Lipinski definition) is 2. The predicted octanol–water partition coefficient (Wildman–Crippen LogP) is 4.73. The number of carbonyl (C=O) groups is 1. The number of morpholine rings is 1. The van der Waals surface area contributed by atoms with E-state index < -0.39 is 5.97 Å². The largest absolute Gasteiger partial charge is 0.493 e. The van der Waals surface area contributed by atoms with Crippen LogP contribution in [0.2, 0.25) is 0 Å². The van der Waals surface area contributed by atoms with Crippen LogP contribution in [0, 0.1) is 6.92 Å². The van der Waals surface area contributed by atoms with Gasteiger partial charge in [0.25, 0.3) is 0 Å². The minimum absolute atomic E-state index is 0.282. The summed E-state index contributed by atoms with van der Waals surface area (Å²) in [7, 11) is 1.62. The van der Waals surface area contributed by atoms with Gasteiger partial charge in [0, 0.05) is 25.3 Å². The Morgan fingerprint density at radius 2 is 1.85 bits per heavy atom. The summed E-state index contributed by atoms with van der Waals surface area (Å²) in [5.74, 6) is 0.388. The van der Waals surface area contributed by atoms with Gasteiger partial charge in [0.15, 0.2) is 11.5 Å². The molecule has 1 saturated heterocycles. The van der Waals surface area contributed by atoms with Gasteiger partial charge < -0.3 is 29.5 Å². The average Bonchev–Trinajstić information content (AvgIpc) is 2.86. The molecule has 1 fully saturated rings. The molecule has 0 saturated carbocycles. The molecule has 4 rings (SSSR count).